The van der Waals surface area contributed by atoms with Crippen molar-refractivity contribution in [3.05, 3.63) is 66.2 Å². The summed E-state index contributed by atoms with van der Waals surface area (Å²) >= 11 is 0. The van der Waals surface area contributed by atoms with Crippen molar-refractivity contribution in [1.29, 1.82) is 0 Å². The van der Waals surface area contributed by atoms with Crippen molar-refractivity contribution in [2.45, 2.75) is 6.92 Å². The number of imidazole rings is 1. The zero-order valence-electron chi connectivity index (χ0n) is 11.4. The molecule has 3 aromatic heterocycles. The van der Waals surface area contributed by atoms with Gasteiger partial charge in [0.2, 0.25) is 0 Å². The van der Waals surface area contributed by atoms with Crippen LogP contribution in [0.5, 0.6) is 0 Å². The summed E-state index contributed by atoms with van der Waals surface area (Å²) in [6, 6.07) is 14.4. The Balaban J connectivity index is 1.99. The fraction of sp³-hybridized carbons (Fsp3) is 0.0588. The normalized spacial score (nSPS) is 11.3. The maximum absolute atomic E-state index is 13.0. The van der Waals surface area contributed by atoms with Crippen LogP contribution in [-0.4, -0.2) is 14.4 Å². The van der Waals surface area contributed by atoms with Crippen LogP contribution in [0, 0.1) is 12.7 Å². The monoisotopic (exact) mass is 277 g/mol. The third-order valence-electron chi connectivity index (χ3n) is 3.56. The highest BCUT2D eigenvalue weighted by molar-refractivity contribution is 5.79. The Morgan fingerprint density at radius 1 is 0.905 bits per heavy atom. The molecule has 0 fully saturated rings. The molecule has 0 unspecified atom stereocenters. The predicted octanol–water partition coefficient (Wildman–Crippen LogP) is 4.00. The molecule has 0 atom stereocenters. The summed E-state index contributed by atoms with van der Waals surface area (Å²) in [7, 11) is 0. The Morgan fingerprint density at radius 3 is 2.48 bits per heavy atom. The van der Waals surface area contributed by atoms with Crippen LogP contribution >= 0.6 is 0 Å². The zero-order valence-corrected chi connectivity index (χ0v) is 11.4. The van der Waals surface area contributed by atoms with E-state index in [0.29, 0.717) is 0 Å². The van der Waals surface area contributed by atoms with Gasteiger partial charge in [0.1, 0.15) is 17.1 Å². The molecule has 102 valence electrons. The molecule has 1 aromatic carbocycles. The number of nitrogens with zero attached hydrogens (tertiary/aromatic N) is 3. The average Bonchev–Trinajstić information content (AvgIpc) is 2.92. The number of aryl methyl sites for hydroxylation is 1. The number of benzene rings is 1. The summed E-state index contributed by atoms with van der Waals surface area (Å²) in [6.45, 7) is 1.97. The van der Waals surface area contributed by atoms with E-state index in [1.807, 2.05) is 35.7 Å². The molecular weight excluding hydrogens is 265 g/mol. The van der Waals surface area contributed by atoms with Crippen LogP contribution in [0.1, 0.15) is 5.69 Å². The number of pyridine rings is 2. The average molecular weight is 277 g/mol. The van der Waals surface area contributed by atoms with Crippen molar-refractivity contribution in [2.75, 3.05) is 0 Å². The molecule has 0 spiro atoms. The lowest BCUT2D eigenvalue weighted by Gasteiger charge is -2.01. The first-order chi connectivity index (χ1) is 10.2. The number of hydrogen-bond donors (Lipinski definition) is 0. The minimum atomic E-state index is -0.245. The molecule has 3 nitrogen and oxygen atoms in total. The number of hydrogen-bond acceptors (Lipinski definition) is 2. The highest BCUT2D eigenvalue weighted by atomic mass is 19.1. The molecule has 4 aromatic rings. The van der Waals surface area contributed by atoms with E-state index in [-0.39, 0.29) is 5.82 Å². The van der Waals surface area contributed by atoms with E-state index >= 15 is 0 Å². The van der Waals surface area contributed by atoms with Gasteiger partial charge in [-0.25, -0.2) is 14.4 Å². The summed E-state index contributed by atoms with van der Waals surface area (Å²) in [4.78, 5) is 9.18. The lowest BCUT2D eigenvalue weighted by molar-refractivity contribution is 0.628. The number of halogens is 1. The van der Waals surface area contributed by atoms with Crippen LogP contribution in [0.3, 0.4) is 0 Å². The molecule has 4 rings (SSSR count). The first-order valence-corrected chi connectivity index (χ1v) is 6.72. The van der Waals surface area contributed by atoms with E-state index < -0.39 is 0 Å². The minimum Gasteiger partial charge on any atom is -0.283 e. The second kappa shape index (κ2) is 4.38. The van der Waals surface area contributed by atoms with Crippen molar-refractivity contribution in [1.82, 2.24) is 14.4 Å². The van der Waals surface area contributed by atoms with Crippen LogP contribution < -0.4 is 0 Å². The van der Waals surface area contributed by atoms with Crippen molar-refractivity contribution in [3.63, 3.8) is 0 Å². The predicted molar refractivity (Wildman–Crippen MR) is 80.6 cm³/mol. The maximum Gasteiger partial charge on any atom is 0.145 e. The van der Waals surface area contributed by atoms with Gasteiger partial charge in [-0.2, -0.15) is 0 Å². The fourth-order valence-corrected chi connectivity index (χ4v) is 2.48. The molecule has 0 aliphatic carbocycles. The van der Waals surface area contributed by atoms with Gasteiger partial charge in [-0.05, 0) is 55.5 Å². The summed E-state index contributed by atoms with van der Waals surface area (Å²) in [5, 5.41) is 1.07. The largest absolute Gasteiger partial charge is 0.283 e. The van der Waals surface area contributed by atoms with Crippen LogP contribution in [0.4, 0.5) is 4.39 Å². The minimum absolute atomic E-state index is 0.245. The Labute approximate surface area is 120 Å². The zero-order chi connectivity index (χ0) is 14.4. The first-order valence-electron chi connectivity index (χ1n) is 6.72. The lowest BCUT2D eigenvalue weighted by Crippen LogP contribution is -1.91. The Kier molecular flexibility index (Phi) is 2.51. The van der Waals surface area contributed by atoms with Crippen LogP contribution in [0.25, 0.3) is 27.9 Å². The summed E-state index contributed by atoms with van der Waals surface area (Å²) in [6.07, 6.45) is 1.94. The summed E-state index contributed by atoms with van der Waals surface area (Å²) < 4.78 is 15.0. The van der Waals surface area contributed by atoms with Crippen molar-refractivity contribution < 1.29 is 4.39 Å². The molecule has 0 saturated heterocycles. The van der Waals surface area contributed by atoms with E-state index in [1.165, 1.54) is 12.1 Å². The fourth-order valence-electron chi connectivity index (χ4n) is 2.48. The second-order valence-corrected chi connectivity index (χ2v) is 5.06. The lowest BCUT2D eigenvalue weighted by atomic mass is 10.2. The van der Waals surface area contributed by atoms with E-state index in [9.17, 15) is 4.39 Å². The molecule has 21 heavy (non-hydrogen) atoms. The highest BCUT2D eigenvalue weighted by Crippen LogP contribution is 2.22. The topological polar surface area (TPSA) is 30.2 Å². The van der Waals surface area contributed by atoms with Crippen molar-refractivity contribution in [2.24, 2.45) is 0 Å². The molecule has 0 bridgehead atoms. The van der Waals surface area contributed by atoms with Gasteiger partial charge >= 0.3 is 0 Å². The first kappa shape index (κ1) is 12.0. The van der Waals surface area contributed by atoms with Crippen molar-refractivity contribution >= 4 is 16.7 Å². The van der Waals surface area contributed by atoms with Gasteiger partial charge in [-0.3, -0.25) is 4.40 Å². The van der Waals surface area contributed by atoms with Gasteiger partial charge in [-0.1, -0.05) is 0 Å². The maximum atomic E-state index is 13.0. The van der Waals surface area contributed by atoms with Gasteiger partial charge in [-0.15, -0.1) is 0 Å². The van der Waals surface area contributed by atoms with Gasteiger partial charge in [0.05, 0.1) is 5.69 Å². The number of rotatable bonds is 1. The van der Waals surface area contributed by atoms with Gasteiger partial charge < -0.3 is 0 Å². The molecule has 4 heteroatoms. The summed E-state index contributed by atoms with van der Waals surface area (Å²) in [5.74, 6) is -0.245. The van der Waals surface area contributed by atoms with Gasteiger partial charge in [0, 0.05) is 22.8 Å². The molecule has 0 amide bonds. The van der Waals surface area contributed by atoms with Crippen LogP contribution in [0.2, 0.25) is 0 Å². The Hall–Kier alpha value is -2.75. The van der Waals surface area contributed by atoms with Crippen molar-refractivity contribution in [3.8, 4) is 11.3 Å². The Bertz CT molecular complexity index is 955. The standard InChI is InChI=1S/C17H12FN3/c1-11-2-3-13-6-9-16-20-15(10-21(16)17(13)19-11)12-4-7-14(18)8-5-12/h2-10H,1H3. The van der Waals surface area contributed by atoms with E-state index in [4.69, 9.17) is 0 Å². The highest BCUT2D eigenvalue weighted by Gasteiger charge is 2.08. The third kappa shape index (κ3) is 1.96. The van der Waals surface area contributed by atoms with E-state index in [1.54, 1.807) is 12.1 Å². The molecule has 0 aliphatic rings. The molecule has 0 radical (unpaired) electrons. The van der Waals surface area contributed by atoms with Gasteiger partial charge in [0.25, 0.3) is 0 Å². The molecule has 0 N–H and O–H groups in total. The van der Waals surface area contributed by atoms with Crippen LogP contribution in [0.15, 0.2) is 54.7 Å². The number of aromatic nitrogens is 3. The summed E-state index contributed by atoms with van der Waals surface area (Å²) in [5.41, 5.74) is 4.38. The molecule has 0 saturated carbocycles. The van der Waals surface area contributed by atoms with Gasteiger partial charge in [0.15, 0.2) is 0 Å². The Morgan fingerprint density at radius 2 is 1.67 bits per heavy atom. The molecule has 0 aliphatic heterocycles. The second-order valence-electron chi connectivity index (χ2n) is 5.06. The van der Waals surface area contributed by atoms with E-state index in [2.05, 4.69) is 16.0 Å². The van der Waals surface area contributed by atoms with Crippen LogP contribution in [-0.2, 0) is 0 Å². The molecular formula is C17H12FN3. The third-order valence-corrected chi connectivity index (χ3v) is 3.56. The quantitative estimate of drug-likeness (QED) is 0.526. The molecule has 3 heterocycles. The smallest absolute Gasteiger partial charge is 0.145 e. The number of fused-ring (bicyclic) bond motifs is 3. The SMILES string of the molecule is Cc1ccc2ccc3nc(-c4ccc(F)cc4)cn3c2n1. The van der Waals surface area contributed by atoms with E-state index in [0.717, 1.165) is 33.6 Å².